The molecule has 140 valence electrons. The molecule has 3 aromatic rings. The predicted molar refractivity (Wildman–Crippen MR) is 99.5 cm³/mol. The lowest BCUT2D eigenvalue weighted by Gasteiger charge is -2.12. The van der Waals surface area contributed by atoms with E-state index in [0.717, 1.165) is 0 Å². The van der Waals surface area contributed by atoms with Crippen molar-refractivity contribution in [1.29, 1.82) is 0 Å². The molecule has 8 heteroatoms. The van der Waals surface area contributed by atoms with Gasteiger partial charge in [-0.05, 0) is 42.0 Å². The van der Waals surface area contributed by atoms with Crippen molar-refractivity contribution < 1.29 is 22.3 Å². The molecule has 0 saturated heterocycles. The summed E-state index contributed by atoms with van der Waals surface area (Å²) in [4.78, 5) is 4.44. The third-order valence-corrected chi connectivity index (χ3v) is 4.93. The number of methoxy groups -OCH3 is 2. The zero-order chi connectivity index (χ0) is 19.6. The van der Waals surface area contributed by atoms with Gasteiger partial charge in [0.25, 0.3) is 0 Å². The van der Waals surface area contributed by atoms with E-state index in [4.69, 9.17) is 14.6 Å². The molecule has 0 bridgehead atoms. The molecule has 0 aliphatic carbocycles. The van der Waals surface area contributed by atoms with Crippen molar-refractivity contribution in [3.8, 4) is 34.0 Å². The summed E-state index contributed by atoms with van der Waals surface area (Å²) in [5, 5.41) is 5.14. The van der Waals surface area contributed by atoms with Gasteiger partial charge in [0, 0.05) is 17.2 Å². The van der Waals surface area contributed by atoms with Crippen molar-refractivity contribution in [3.05, 3.63) is 60.4 Å². The SMILES string of the molecule is COc1ccc(-c2ccc(S(N)(=O)=O)cc2)c(-c2ccc(OC)c(F)c2)n1. The van der Waals surface area contributed by atoms with Crippen LogP contribution in [0.5, 0.6) is 11.6 Å². The number of nitrogens with zero attached hydrogens (tertiary/aromatic N) is 1. The van der Waals surface area contributed by atoms with Gasteiger partial charge in [-0.1, -0.05) is 12.1 Å². The van der Waals surface area contributed by atoms with Gasteiger partial charge in [-0.15, -0.1) is 0 Å². The summed E-state index contributed by atoms with van der Waals surface area (Å²) in [5.74, 6) is -0.0259. The first kappa shape index (κ1) is 18.8. The molecule has 2 aromatic carbocycles. The molecule has 1 aromatic heterocycles. The fraction of sp³-hybridized carbons (Fsp3) is 0.105. The Morgan fingerprint density at radius 3 is 2.15 bits per heavy atom. The van der Waals surface area contributed by atoms with Gasteiger partial charge < -0.3 is 9.47 Å². The van der Waals surface area contributed by atoms with Gasteiger partial charge in [-0.25, -0.2) is 22.9 Å². The summed E-state index contributed by atoms with van der Waals surface area (Å²) >= 11 is 0. The maximum absolute atomic E-state index is 14.2. The molecule has 6 nitrogen and oxygen atoms in total. The Morgan fingerprint density at radius 1 is 0.926 bits per heavy atom. The standard InChI is InChI=1S/C19H17FN2O4S/c1-25-17-9-5-13(11-16(17)20)19-15(8-10-18(22-19)26-2)12-3-6-14(7-4-12)27(21,23)24/h3-11H,1-2H3,(H2,21,23,24). The van der Waals surface area contributed by atoms with E-state index in [2.05, 4.69) is 4.98 Å². The molecule has 0 spiro atoms. The molecule has 0 aliphatic heterocycles. The number of ether oxygens (including phenoxy) is 2. The Morgan fingerprint density at radius 2 is 1.59 bits per heavy atom. The van der Waals surface area contributed by atoms with Crippen LogP contribution in [0.15, 0.2) is 59.5 Å². The molecule has 0 aliphatic rings. The number of hydrogen-bond donors (Lipinski definition) is 1. The van der Waals surface area contributed by atoms with Crippen LogP contribution in [0.2, 0.25) is 0 Å². The third-order valence-electron chi connectivity index (χ3n) is 4.00. The average molecular weight is 388 g/mol. The number of nitrogens with two attached hydrogens (primary N) is 1. The lowest BCUT2D eigenvalue weighted by Crippen LogP contribution is -2.11. The van der Waals surface area contributed by atoms with Crippen LogP contribution in [0.4, 0.5) is 4.39 Å². The Bertz CT molecular complexity index is 1080. The van der Waals surface area contributed by atoms with E-state index in [1.54, 1.807) is 30.3 Å². The molecule has 0 atom stereocenters. The fourth-order valence-electron chi connectivity index (χ4n) is 2.65. The first-order valence-corrected chi connectivity index (χ1v) is 9.40. The second kappa shape index (κ2) is 7.34. The fourth-order valence-corrected chi connectivity index (χ4v) is 3.16. The zero-order valence-electron chi connectivity index (χ0n) is 14.6. The number of primary sulfonamides is 1. The minimum absolute atomic E-state index is 0.00441. The van der Waals surface area contributed by atoms with Crippen LogP contribution in [0.25, 0.3) is 22.4 Å². The van der Waals surface area contributed by atoms with Crippen LogP contribution in [0, 0.1) is 5.82 Å². The van der Waals surface area contributed by atoms with E-state index in [1.807, 2.05) is 0 Å². The average Bonchev–Trinajstić information content (AvgIpc) is 2.67. The number of halogens is 1. The third kappa shape index (κ3) is 3.91. The number of aromatic nitrogens is 1. The number of hydrogen-bond acceptors (Lipinski definition) is 5. The molecule has 0 unspecified atom stereocenters. The van der Waals surface area contributed by atoms with Crippen LogP contribution >= 0.6 is 0 Å². The van der Waals surface area contributed by atoms with E-state index in [-0.39, 0.29) is 10.6 Å². The highest BCUT2D eigenvalue weighted by molar-refractivity contribution is 7.89. The van der Waals surface area contributed by atoms with Crippen LogP contribution in [-0.2, 0) is 10.0 Å². The van der Waals surface area contributed by atoms with E-state index in [9.17, 15) is 12.8 Å². The van der Waals surface area contributed by atoms with Crippen molar-refractivity contribution in [2.45, 2.75) is 4.90 Å². The van der Waals surface area contributed by atoms with E-state index < -0.39 is 15.8 Å². The van der Waals surface area contributed by atoms with E-state index in [1.165, 1.54) is 38.5 Å². The molecule has 0 radical (unpaired) electrons. The number of sulfonamides is 1. The molecular formula is C19H17FN2O4S. The van der Waals surface area contributed by atoms with Crippen molar-refractivity contribution in [2.24, 2.45) is 5.14 Å². The molecular weight excluding hydrogens is 371 g/mol. The minimum atomic E-state index is -3.79. The summed E-state index contributed by atoms with van der Waals surface area (Å²) in [6.07, 6.45) is 0. The van der Waals surface area contributed by atoms with Gasteiger partial charge in [0.05, 0.1) is 24.8 Å². The minimum Gasteiger partial charge on any atom is -0.494 e. The Labute approximate surface area is 156 Å². The molecule has 0 saturated carbocycles. The van der Waals surface area contributed by atoms with Gasteiger partial charge in [-0.2, -0.15) is 0 Å². The highest BCUT2D eigenvalue weighted by atomic mass is 32.2. The number of rotatable bonds is 5. The maximum Gasteiger partial charge on any atom is 0.238 e. The highest BCUT2D eigenvalue weighted by Gasteiger charge is 2.15. The number of pyridine rings is 1. The number of benzene rings is 2. The van der Waals surface area contributed by atoms with Gasteiger partial charge in [-0.3, -0.25) is 0 Å². The Hall–Kier alpha value is -2.97. The van der Waals surface area contributed by atoms with E-state index >= 15 is 0 Å². The maximum atomic E-state index is 14.2. The summed E-state index contributed by atoms with van der Waals surface area (Å²) in [7, 11) is -0.911. The van der Waals surface area contributed by atoms with E-state index in [0.29, 0.717) is 28.3 Å². The van der Waals surface area contributed by atoms with Crippen LogP contribution in [-0.4, -0.2) is 27.6 Å². The van der Waals surface area contributed by atoms with Crippen LogP contribution in [0.1, 0.15) is 0 Å². The summed E-state index contributed by atoms with van der Waals surface area (Å²) in [6.45, 7) is 0. The smallest absolute Gasteiger partial charge is 0.238 e. The molecule has 3 rings (SSSR count). The van der Waals surface area contributed by atoms with Gasteiger partial charge in [0.15, 0.2) is 11.6 Å². The molecule has 0 amide bonds. The molecule has 2 N–H and O–H groups in total. The van der Waals surface area contributed by atoms with Crippen molar-refractivity contribution in [1.82, 2.24) is 4.98 Å². The quantitative estimate of drug-likeness (QED) is 0.725. The monoisotopic (exact) mass is 388 g/mol. The van der Waals surface area contributed by atoms with Gasteiger partial charge >= 0.3 is 0 Å². The lowest BCUT2D eigenvalue weighted by atomic mass is 9.99. The first-order chi connectivity index (χ1) is 12.8. The van der Waals surface area contributed by atoms with Crippen molar-refractivity contribution in [3.63, 3.8) is 0 Å². The Kier molecular flexibility index (Phi) is 5.11. The second-order valence-corrected chi connectivity index (χ2v) is 7.23. The largest absolute Gasteiger partial charge is 0.494 e. The Balaban J connectivity index is 2.15. The van der Waals surface area contributed by atoms with Crippen LogP contribution in [0.3, 0.4) is 0 Å². The lowest BCUT2D eigenvalue weighted by molar-refractivity contribution is 0.386. The zero-order valence-corrected chi connectivity index (χ0v) is 15.5. The second-order valence-electron chi connectivity index (χ2n) is 5.67. The van der Waals surface area contributed by atoms with Gasteiger partial charge in [0.2, 0.25) is 15.9 Å². The molecule has 27 heavy (non-hydrogen) atoms. The molecule has 1 heterocycles. The van der Waals surface area contributed by atoms with Crippen molar-refractivity contribution in [2.75, 3.05) is 14.2 Å². The highest BCUT2D eigenvalue weighted by Crippen LogP contribution is 2.34. The summed E-state index contributed by atoms with van der Waals surface area (Å²) in [5.41, 5.74) is 2.39. The van der Waals surface area contributed by atoms with Gasteiger partial charge in [0.1, 0.15) is 0 Å². The van der Waals surface area contributed by atoms with Crippen LogP contribution < -0.4 is 14.6 Å². The first-order valence-electron chi connectivity index (χ1n) is 7.85. The summed E-state index contributed by atoms with van der Waals surface area (Å²) < 4.78 is 47.2. The predicted octanol–water partition coefficient (Wildman–Crippen LogP) is 3.22. The van der Waals surface area contributed by atoms with Crippen molar-refractivity contribution >= 4 is 10.0 Å². The molecule has 0 fully saturated rings. The normalized spacial score (nSPS) is 11.3. The summed E-state index contributed by atoms with van der Waals surface area (Å²) in [6, 6.07) is 14.0. The topological polar surface area (TPSA) is 91.5 Å².